The normalized spacial score (nSPS) is 14.6. The first-order chi connectivity index (χ1) is 16.5. The van der Waals surface area contributed by atoms with Crippen LogP contribution in [0, 0.1) is 12.7 Å². The summed E-state index contributed by atoms with van der Waals surface area (Å²) in [6.07, 6.45) is 4.11. The molecule has 4 rings (SSSR count). The van der Waals surface area contributed by atoms with Crippen LogP contribution in [-0.4, -0.2) is 25.0 Å². The minimum absolute atomic E-state index is 0.0808. The number of halogens is 1. The first-order valence-electron chi connectivity index (χ1n) is 11.5. The van der Waals surface area contributed by atoms with E-state index in [0.717, 1.165) is 30.6 Å². The van der Waals surface area contributed by atoms with E-state index >= 15 is 0 Å². The summed E-state index contributed by atoms with van der Waals surface area (Å²) < 4.78 is 19.9. The van der Waals surface area contributed by atoms with Crippen molar-refractivity contribution in [2.24, 2.45) is 0 Å². The first kappa shape index (κ1) is 24.0. The molecule has 2 aromatic carbocycles. The maximum atomic E-state index is 14.6. The molecule has 1 atom stereocenters. The third kappa shape index (κ3) is 5.47. The minimum atomic E-state index is -0.943. The van der Waals surface area contributed by atoms with E-state index in [9.17, 15) is 14.0 Å². The average Bonchev–Trinajstić information content (AvgIpc) is 3.54. The molecule has 1 unspecified atom stereocenters. The van der Waals surface area contributed by atoms with Gasteiger partial charge in [0.15, 0.2) is 0 Å². The predicted molar refractivity (Wildman–Crippen MR) is 133 cm³/mol. The number of anilines is 1. The molecular formula is C27H29FN2O3S. The van der Waals surface area contributed by atoms with Crippen molar-refractivity contribution in [2.45, 2.75) is 51.1 Å². The van der Waals surface area contributed by atoms with Gasteiger partial charge in [-0.25, -0.2) is 4.39 Å². The lowest BCUT2D eigenvalue weighted by Crippen LogP contribution is -2.46. The molecule has 7 heteroatoms. The molecule has 0 bridgehead atoms. The summed E-state index contributed by atoms with van der Waals surface area (Å²) >= 11 is 1.48. The summed E-state index contributed by atoms with van der Waals surface area (Å²) in [5, 5.41) is 5.05. The van der Waals surface area contributed by atoms with Gasteiger partial charge in [0, 0.05) is 16.6 Å². The van der Waals surface area contributed by atoms with Crippen LogP contribution in [0.15, 0.2) is 60.0 Å². The second kappa shape index (κ2) is 10.8. The number of hydrogen-bond acceptors (Lipinski definition) is 4. The number of amides is 2. The lowest BCUT2D eigenvalue weighted by atomic mass is 10.0. The zero-order chi connectivity index (χ0) is 24.1. The Labute approximate surface area is 203 Å². The van der Waals surface area contributed by atoms with Gasteiger partial charge in [0.25, 0.3) is 0 Å². The first-order valence-corrected chi connectivity index (χ1v) is 12.4. The largest absolute Gasteiger partial charge is 0.497 e. The molecule has 5 nitrogen and oxygen atoms in total. The fraction of sp³-hybridized carbons (Fsp3) is 0.333. The highest BCUT2D eigenvalue weighted by Gasteiger charge is 2.34. The number of hydrogen-bond donors (Lipinski definition) is 1. The number of carbonyl (C=O) groups is 2. The fourth-order valence-electron chi connectivity index (χ4n) is 4.37. The monoisotopic (exact) mass is 480 g/mol. The van der Waals surface area contributed by atoms with E-state index in [1.807, 2.05) is 17.5 Å². The molecule has 1 saturated carbocycles. The number of nitrogens with zero attached hydrogens (tertiary/aromatic N) is 1. The number of carbonyl (C=O) groups excluding carboxylic acids is 2. The van der Waals surface area contributed by atoms with Crippen molar-refractivity contribution in [3.63, 3.8) is 0 Å². The molecule has 0 radical (unpaired) electrons. The van der Waals surface area contributed by atoms with Crippen molar-refractivity contribution in [3.8, 4) is 5.75 Å². The van der Waals surface area contributed by atoms with Crippen molar-refractivity contribution in [3.05, 3.63) is 81.8 Å². The Morgan fingerprint density at radius 1 is 1.15 bits per heavy atom. The van der Waals surface area contributed by atoms with Gasteiger partial charge in [-0.2, -0.15) is 0 Å². The summed E-state index contributed by atoms with van der Waals surface area (Å²) in [6.45, 7) is 1.67. The molecule has 1 aromatic heterocycles. The smallest absolute Gasteiger partial charge is 0.248 e. The van der Waals surface area contributed by atoms with Gasteiger partial charge in [-0.05, 0) is 66.6 Å². The summed E-state index contributed by atoms with van der Waals surface area (Å²) in [5.41, 5.74) is 1.47. The Kier molecular flexibility index (Phi) is 7.63. The number of benzene rings is 2. The zero-order valence-electron chi connectivity index (χ0n) is 19.4. The van der Waals surface area contributed by atoms with Gasteiger partial charge < -0.3 is 10.1 Å². The van der Waals surface area contributed by atoms with Gasteiger partial charge in [-0.3, -0.25) is 14.5 Å². The van der Waals surface area contributed by atoms with Gasteiger partial charge in [-0.1, -0.05) is 37.1 Å². The van der Waals surface area contributed by atoms with Gasteiger partial charge in [-0.15, -0.1) is 11.3 Å². The van der Waals surface area contributed by atoms with Gasteiger partial charge in [0.05, 0.1) is 13.5 Å². The second-order valence-electron chi connectivity index (χ2n) is 8.62. The molecule has 1 aliphatic rings. The standard InChI is InChI=1S/C27H29FN2O3S/c1-18-9-12-21(16-24(18)28)30(25(31)17-23-8-5-15-34-23)26(19-10-13-22(33-2)14-11-19)27(32)29-20-6-3-4-7-20/h5,8-16,20,26H,3-4,6-7,17H2,1-2H3,(H,29,32). The Balaban J connectivity index is 1.78. The summed E-state index contributed by atoms with van der Waals surface area (Å²) in [7, 11) is 1.57. The Morgan fingerprint density at radius 2 is 1.88 bits per heavy atom. The van der Waals surface area contributed by atoms with E-state index in [2.05, 4.69) is 5.32 Å². The SMILES string of the molecule is COc1ccc(C(C(=O)NC2CCCC2)N(C(=O)Cc2cccs2)c2ccc(C)c(F)c2)cc1. The Hall–Kier alpha value is -3.19. The van der Waals surface area contributed by atoms with Crippen molar-refractivity contribution in [1.29, 1.82) is 0 Å². The van der Waals surface area contributed by atoms with Crippen LogP contribution in [0.25, 0.3) is 0 Å². The van der Waals surface area contributed by atoms with E-state index < -0.39 is 11.9 Å². The van der Waals surface area contributed by atoms with Crippen molar-refractivity contribution in [1.82, 2.24) is 5.32 Å². The predicted octanol–water partition coefficient (Wildman–Crippen LogP) is 5.58. The molecule has 0 saturated heterocycles. The molecule has 1 heterocycles. The fourth-order valence-corrected chi connectivity index (χ4v) is 5.07. The minimum Gasteiger partial charge on any atom is -0.497 e. The van der Waals surface area contributed by atoms with Crippen LogP contribution >= 0.6 is 11.3 Å². The lowest BCUT2D eigenvalue weighted by molar-refractivity contribution is -0.127. The molecule has 1 fully saturated rings. The third-order valence-electron chi connectivity index (χ3n) is 6.25. The van der Waals surface area contributed by atoms with E-state index in [4.69, 9.17) is 4.74 Å². The van der Waals surface area contributed by atoms with E-state index in [0.29, 0.717) is 22.6 Å². The molecule has 178 valence electrons. The Morgan fingerprint density at radius 3 is 2.50 bits per heavy atom. The Bertz CT molecular complexity index is 1130. The van der Waals surface area contributed by atoms with Crippen LogP contribution in [0.2, 0.25) is 0 Å². The summed E-state index contributed by atoms with van der Waals surface area (Å²) in [5.74, 6) is -0.307. The number of methoxy groups -OCH3 is 1. The van der Waals surface area contributed by atoms with E-state index in [1.54, 1.807) is 50.4 Å². The van der Waals surface area contributed by atoms with Gasteiger partial charge in [0.2, 0.25) is 11.8 Å². The maximum absolute atomic E-state index is 14.6. The molecule has 2 amide bonds. The number of rotatable bonds is 8. The average molecular weight is 481 g/mol. The molecule has 0 aliphatic heterocycles. The van der Waals surface area contributed by atoms with Crippen molar-refractivity contribution in [2.75, 3.05) is 12.0 Å². The number of nitrogens with one attached hydrogen (secondary N) is 1. The summed E-state index contributed by atoms with van der Waals surface area (Å²) in [6, 6.07) is 14.7. The highest BCUT2D eigenvalue weighted by Crippen LogP contribution is 2.32. The maximum Gasteiger partial charge on any atom is 0.248 e. The van der Waals surface area contributed by atoms with Crippen molar-refractivity contribution >= 4 is 28.8 Å². The number of aryl methyl sites for hydroxylation is 1. The van der Waals surface area contributed by atoms with Crippen LogP contribution in [-0.2, 0) is 16.0 Å². The lowest BCUT2D eigenvalue weighted by Gasteiger charge is -2.32. The molecular weight excluding hydrogens is 451 g/mol. The van der Waals surface area contributed by atoms with Crippen LogP contribution in [0.3, 0.4) is 0 Å². The molecule has 1 N–H and O–H groups in total. The summed E-state index contributed by atoms with van der Waals surface area (Å²) in [4.78, 5) is 29.7. The highest BCUT2D eigenvalue weighted by atomic mass is 32.1. The van der Waals surface area contributed by atoms with Crippen LogP contribution in [0.4, 0.5) is 10.1 Å². The molecule has 0 spiro atoms. The molecule has 1 aliphatic carbocycles. The zero-order valence-corrected chi connectivity index (χ0v) is 20.2. The van der Waals surface area contributed by atoms with Crippen LogP contribution in [0.5, 0.6) is 5.75 Å². The van der Waals surface area contributed by atoms with Crippen LogP contribution < -0.4 is 15.0 Å². The van der Waals surface area contributed by atoms with Crippen LogP contribution in [0.1, 0.15) is 47.7 Å². The van der Waals surface area contributed by atoms with Gasteiger partial charge in [0.1, 0.15) is 17.6 Å². The third-order valence-corrected chi connectivity index (χ3v) is 7.12. The topological polar surface area (TPSA) is 58.6 Å². The number of ether oxygens (including phenoxy) is 1. The second-order valence-corrected chi connectivity index (χ2v) is 9.65. The quantitative estimate of drug-likeness (QED) is 0.458. The number of thiophene rings is 1. The highest BCUT2D eigenvalue weighted by molar-refractivity contribution is 7.10. The molecule has 3 aromatic rings. The van der Waals surface area contributed by atoms with Crippen molar-refractivity contribution < 1.29 is 18.7 Å². The van der Waals surface area contributed by atoms with E-state index in [-0.39, 0.29) is 24.3 Å². The van der Waals surface area contributed by atoms with Gasteiger partial charge >= 0.3 is 0 Å². The van der Waals surface area contributed by atoms with E-state index in [1.165, 1.54) is 22.3 Å². The molecule has 34 heavy (non-hydrogen) atoms.